The van der Waals surface area contributed by atoms with Gasteiger partial charge >= 0.3 is 0 Å². The van der Waals surface area contributed by atoms with E-state index in [4.69, 9.17) is 0 Å². The van der Waals surface area contributed by atoms with Crippen molar-refractivity contribution in [2.24, 2.45) is 0 Å². The highest BCUT2D eigenvalue weighted by molar-refractivity contribution is 5.75. The van der Waals surface area contributed by atoms with Gasteiger partial charge in [-0.2, -0.15) is 0 Å². The molecule has 0 unspecified atom stereocenters. The monoisotopic (exact) mass is 215 g/mol. The second kappa shape index (κ2) is 9.93. The van der Waals surface area contributed by atoms with Crippen LogP contribution in [0.25, 0.3) is 0 Å². The maximum atomic E-state index is 11.6. The van der Waals surface area contributed by atoms with Crippen molar-refractivity contribution in [1.29, 1.82) is 0 Å². The lowest BCUT2D eigenvalue weighted by Gasteiger charge is -2.22. The van der Waals surface area contributed by atoms with E-state index in [1.807, 2.05) is 18.9 Å². The summed E-state index contributed by atoms with van der Waals surface area (Å²) in [6.07, 6.45) is 1.73. The number of nitrogens with zero attached hydrogens (tertiary/aromatic N) is 1. The fraction of sp³-hybridized carbons (Fsp3) is 0.909. The molecule has 0 heterocycles. The van der Waals surface area contributed by atoms with Crippen LogP contribution in [0.1, 0.15) is 26.7 Å². The predicted molar refractivity (Wildman–Crippen MR) is 64.0 cm³/mol. The van der Waals surface area contributed by atoms with Crippen LogP contribution in [-0.2, 0) is 4.79 Å². The van der Waals surface area contributed by atoms with Gasteiger partial charge in [0, 0.05) is 32.6 Å². The molecule has 4 nitrogen and oxygen atoms in total. The summed E-state index contributed by atoms with van der Waals surface area (Å²) in [4.78, 5) is 13.5. The Balaban J connectivity index is 3.74. The molecule has 4 heteroatoms. The zero-order valence-corrected chi connectivity index (χ0v) is 10.3. The molecule has 1 amide bonds. The molecule has 15 heavy (non-hydrogen) atoms. The molecule has 0 aromatic rings. The van der Waals surface area contributed by atoms with Gasteiger partial charge in [-0.3, -0.25) is 4.79 Å². The third-order valence-electron chi connectivity index (χ3n) is 2.27. The van der Waals surface area contributed by atoms with Crippen molar-refractivity contribution in [1.82, 2.24) is 15.5 Å². The second-order valence-corrected chi connectivity index (χ2v) is 3.59. The van der Waals surface area contributed by atoms with Gasteiger partial charge in [0.1, 0.15) is 0 Å². The Morgan fingerprint density at radius 1 is 1.13 bits per heavy atom. The maximum Gasteiger partial charge on any atom is 0.222 e. The number of hydrogen-bond acceptors (Lipinski definition) is 3. The third kappa shape index (κ3) is 7.33. The van der Waals surface area contributed by atoms with Gasteiger partial charge in [-0.25, -0.2) is 0 Å². The summed E-state index contributed by atoms with van der Waals surface area (Å²) in [5.41, 5.74) is 0. The van der Waals surface area contributed by atoms with Crippen LogP contribution in [0.5, 0.6) is 0 Å². The van der Waals surface area contributed by atoms with E-state index in [2.05, 4.69) is 17.6 Å². The number of carbonyl (C=O) groups excluding carboxylic acids is 1. The van der Waals surface area contributed by atoms with E-state index >= 15 is 0 Å². The fourth-order valence-electron chi connectivity index (χ4n) is 1.35. The minimum absolute atomic E-state index is 0.239. The number of rotatable bonds is 9. The SMILES string of the molecule is CCCNCCN(CCNC)C(=O)CC. The fourth-order valence-corrected chi connectivity index (χ4v) is 1.35. The summed E-state index contributed by atoms with van der Waals surface area (Å²) >= 11 is 0. The molecule has 0 bridgehead atoms. The Labute approximate surface area is 93.4 Å². The van der Waals surface area contributed by atoms with Crippen LogP contribution in [0.15, 0.2) is 0 Å². The van der Waals surface area contributed by atoms with Crippen molar-refractivity contribution in [3.8, 4) is 0 Å². The lowest BCUT2D eigenvalue weighted by Crippen LogP contribution is -2.40. The second-order valence-electron chi connectivity index (χ2n) is 3.59. The molecule has 0 spiro atoms. The van der Waals surface area contributed by atoms with Gasteiger partial charge in [0.05, 0.1) is 0 Å². The van der Waals surface area contributed by atoms with Crippen molar-refractivity contribution < 1.29 is 4.79 Å². The molecular formula is C11H25N3O. The zero-order valence-electron chi connectivity index (χ0n) is 10.3. The summed E-state index contributed by atoms with van der Waals surface area (Å²) in [5.74, 6) is 0.239. The summed E-state index contributed by atoms with van der Waals surface area (Å²) in [7, 11) is 1.91. The van der Waals surface area contributed by atoms with Crippen molar-refractivity contribution >= 4 is 5.91 Å². The Bertz CT molecular complexity index is 162. The number of hydrogen-bond donors (Lipinski definition) is 2. The molecule has 0 atom stereocenters. The van der Waals surface area contributed by atoms with Gasteiger partial charge in [0.2, 0.25) is 5.91 Å². The predicted octanol–water partition coefficient (Wildman–Crippen LogP) is 0.444. The number of nitrogens with one attached hydrogen (secondary N) is 2. The van der Waals surface area contributed by atoms with Crippen molar-refractivity contribution in [3.05, 3.63) is 0 Å². The maximum absolute atomic E-state index is 11.6. The first kappa shape index (κ1) is 14.4. The average molecular weight is 215 g/mol. The van der Waals surface area contributed by atoms with E-state index < -0.39 is 0 Å². The van der Waals surface area contributed by atoms with Gasteiger partial charge in [-0.05, 0) is 20.0 Å². The molecule has 0 radical (unpaired) electrons. The van der Waals surface area contributed by atoms with Crippen molar-refractivity contribution in [3.63, 3.8) is 0 Å². The lowest BCUT2D eigenvalue weighted by molar-refractivity contribution is -0.130. The molecule has 0 aliphatic rings. The lowest BCUT2D eigenvalue weighted by atomic mass is 10.3. The minimum atomic E-state index is 0.239. The number of likely N-dealkylation sites (N-methyl/N-ethyl adjacent to an activating group) is 1. The number of amides is 1. The highest BCUT2D eigenvalue weighted by Gasteiger charge is 2.09. The van der Waals surface area contributed by atoms with E-state index in [0.29, 0.717) is 6.42 Å². The molecule has 0 aromatic heterocycles. The van der Waals surface area contributed by atoms with Crippen LogP contribution < -0.4 is 10.6 Å². The van der Waals surface area contributed by atoms with Crippen molar-refractivity contribution in [2.75, 3.05) is 39.8 Å². The van der Waals surface area contributed by atoms with Crippen molar-refractivity contribution in [2.45, 2.75) is 26.7 Å². The summed E-state index contributed by atoms with van der Waals surface area (Å²) in [5, 5.41) is 6.37. The Kier molecular flexibility index (Phi) is 9.52. The molecule has 90 valence electrons. The van der Waals surface area contributed by atoms with Gasteiger partial charge in [-0.1, -0.05) is 13.8 Å². The largest absolute Gasteiger partial charge is 0.340 e. The highest BCUT2D eigenvalue weighted by Crippen LogP contribution is 1.92. The molecule has 2 N–H and O–H groups in total. The molecule has 0 saturated carbocycles. The van der Waals surface area contributed by atoms with Crippen LogP contribution in [0, 0.1) is 0 Å². The third-order valence-corrected chi connectivity index (χ3v) is 2.27. The first-order valence-electron chi connectivity index (χ1n) is 5.89. The molecule has 0 saturated heterocycles. The van der Waals surface area contributed by atoms with Gasteiger partial charge in [0.25, 0.3) is 0 Å². The number of carbonyl (C=O) groups is 1. The van der Waals surface area contributed by atoms with Crippen LogP contribution in [0.4, 0.5) is 0 Å². The van der Waals surface area contributed by atoms with Crippen LogP contribution in [0.2, 0.25) is 0 Å². The van der Waals surface area contributed by atoms with E-state index in [9.17, 15) is 4.79 Å². The molecule has 0 aliphatic heterocycles. The first-order valence-corrected chi connectivity index (χ1v) is 5.89. The van der Waals surface area contributed by atoms with Gasteiger partial charge in [-0.15, -0.1) is 0 Å². The van der Waals surface area contributed by atoms with E-state index in [1.54, 1.807) is 0 Å². The zero-order chi connectivity index (χ0) is 11.5. The molecular weight excluding hydrogens is 190 g/mol. The summed E-state index contributed by atoms with van der Waals surface area (Å²) in [6, 6.07) is 0. The van der Waals surface area contributed by atoms with Gasteiger partial charge in [0.15, 0.2) is 0 Å². The average Bonchev–Trinajstić information content (AvgIpc) is 2.27. The summed E-state index contributed by atoms with van der Waals surface area (Å²) in [6.45, 7) is 8.45. The van der Waals surface area contributed by atoms with Crippen LogP contribution in [-0.4, -0.2) is 50.6 Å². The molecule has 0 aromatic carbocycles. The summed E-state index contributed by atoms with van der Waals surface area (Å²) < 4.78 is 0. The van der Waals surface area contributed by atoms with E-state index in [-0.39, 0.29) is 5.91 Å². The van der Waals surface area contributed by atoms with Gasteiger partial charge < -0.3 is 15.5 Å². The van der Waals surface area contributed by atoms with Crippen LogP contribution in [0.3, 0.4) is 0 Å². The van der Waals surface area contributed by atoms with Crippen LogP contribution >= 0.6 is 0 Å². The standard InChI is InChI=1S/C11H25N3O/c1-4-6-13-8-10-14(9-7-12-3)11(15)5-2/h12-13H,4-10H2,1-3H3. The highest BCUT2D eigenvalue weighted by atomic mass is 16.2. The quantitative estimate of drug-likeness (QED) is 0.549. The topological polar surface area (TPSA) is 44.4 Å². The van der Waals surface area contributed by atoms with E-state index in [1.165, 1.54) is 0 Å². The molecule has 0 aliphatic carbocycles. The first-order chi connectivity index (χ1) is 7.26. The Morgan fingerprint density at radius 2 is 1.80 bits per heavy atom. The molecule has 0 fully saturated rings. The smallest absolute Gasteiger partial charge is 0.222 e. The molecule has 0 rings (SSSR count). The normalized spacial score (nSPS) is 10.3. The van der Waals surface area contributed by atoms with E-state index in [0.717, 1.165) is 39.1 Å². The Morgan fingerprint density at radius 3 is 2.33 bits per heavy atom. The minimum Gasteiger partial charge on any atom is -0.340 e. The Hall–Kier alpha value is -0.610.